The topological polar surface area (TPSA) is 104 Å². The number of nitro groups is 1. The average Bonchev–Trinajstić information content (AvgIpc) is 2.36. The van der Waals surface area contributed by atoms with Gasteiger partial charge in [-0.2, -0.15) is 5.26 Å². The summed E-state index contributed by atoms with van der Waals surface area (Å²) >= 11 is 0. The molecule has 0 aliphatic carbocycles. The normalized spacial score (nSPS) is 9.94. The smallest absolute Gasteiger partial charge is 0.335 e. The number of aromatic carboxylic acids is 1. The molecule has 0 saturated carbocycles. The van der Waals surface area contributed by atoms with Gasteiger partial charge in [-0.1, -0.05) is 6.07 Å². The molecular weight excluding hydrogens is 236 g/mol. The highest BCUT2D eigenvalue weighted by Crippen LogP contribution is 2.28. The lowest BCUT2D eigenvalue weighted by atomic mass is 10.0. The van der Waals surface area contributed by atoms with Crippen LogP contribution in [0.2, 0.25) is 0 Å². The van der Waals surface area contributed by atoms with Gasteiger partial charge in [0.05, 0.1) is 27.5 Å². The second kappa shape index (κ2) is 4.14. The average molecular weight is 242 g/mol. The number of carbonyl (C=O) groups is 1. The summed E-state index contributed by atoms with van der Waals surface area (Å²) in [4.78, 5) is 21.1. The zero-order chi connectivity index (χ0) is 13.3. The van der Waals surface area contributed by atoms with E-state index in [1.165, 1.54) is 24.3 Å². The monoisotopic (exact) mass is 242 g/mol. The van der Waals surface area contributed by atoms with Crippen molar-refractivity contribution in [2.45, 2.75) is 0 Å². The van der Waals surface area contributed by atoms with E-state index in [1.807, 2.05) is 6.07 Å². The van der Waals surface area contributed by atoms with Gasteiger partial charge in [0.2, 0.25) is 0 Å². The van der Waals surface area contributed by atoms with Crippen LogP contribution in [0.15, 0.2) is 30.3 Å². The van der Waals surface area contributed by atoms with Crippen molar-refractivity contribution < 1.29 is 14.8 Å². The Hall–Kier alpha value is -2.94. The first kappa shape index (κ1) is 11.5. The van der Waals surface area contributed by atoms with Crippen LogP contribution in [-0.2, 0) is 0 Å². The Kier molecular flexibility index (Phi) is 2.66. The molecule has 2 aromatic carbocycles. The van der Waals surface area contributed by atoms with E-state index in [9.17, 15) is 14.9 Å². The summed E-state index contributed by atoms with van der Waals surface area (Å²) in [6.07, 6.45) is 0. The third kappa shape index (κ3) is 1.85. The molecule has 0 heterocycles. The molecule has 0 spiro atoms. The van der Waals surface area contributed by atoms with Gasteiger partial charge >= 0.3 is 5.97 Å². The number of nitriles is 1. The number of carboxylic acid groups (broad SMARTS) is 1. The van der Waals surface area contributed by atoms with Crippen molar-refractivity contribution in [1.82, 2.24) is 0 Å². The van der Waals surface area contributed by atoms with E-state index in [4.69, 9.17) is 10.4 Å². The van der Waals surface area contributed by atoms with Gasteiger partial charge in [-0.05, 0) is 23.6 Å². The fourth-order valence-electron chi connectivity index (χ4n) is 1.68. The standard InChI is InChI=1S/C12H6N2O4/c13-6-7-1-2-8-4-9(12(15)16)5-11(14(17)18)10(8)3-7/h1-5H,(H,15,16). The highest BCUT2D eigenvalue weighted by molar-refractivity contribution is 5.99. The van der Waals surface area contributed by atoms with Crippen LogP contribution >= 0.6 is 0 Å². The van der Waals surface area contributed by atoms with Crippen molar-refractivity contribution in [2.24, 2.45) is 0 Å². The minimum Gasteiger partial charge on any atom is -0.478 e. The van der Waals surface area contributed by atoms with Crippen molar-refractivity contribution in [2.75, 3.05) is 0 Å². The van der Waals surface area contributed by atoms with E-state index in [2.05, 4.69) is 0 Å². The van der Waals surface area contributed by atoms with Crippen LogP contribution in [-0.4, -0.2) is 16.0 Å². The lowest BCUT2D eigenvalue weighted by Gasteiger charge is -2.02. The SMILES string of the molecule is N#Cc1ccc2cc(C(=O)O)cc([N+](=O)[O-])c2c1. The molecule has 0 bridgehead atoms. The molecule has 88 valence electrons. The summed E-state index contributed by atoms with van der Waals surface area (Å²) in [7, 11) is 0. The predicted octanol–water partition coefficient (Wildman–Crippen LogP) is 2.32. The molecule has 0 saturated heterocycles. The van der Waals surface area contributed by atoms with Crippen molar-refractivity contribution >= 4 is 22.4 Å². The maximum absolute atomic E-state index is 10.9. The van der Waals surface area contributed by atoms with Gasteiger partial charge in [0, 0.05) is 6.07 Å². The summed E-state index contributed by atoms with van der Waals surface area (Å²) < 4.78 is 0. The Labute approximate surface area is 101 Å². The molecule has 6 nitrogen and oxygen atoms in total. The second-order valence-corrected chi connectivity index (χ2v) is 3.61. The molecule has 0 aliphatic heterocycles. The van der Waals surface area contributed by atoms with Gasteiger partial charge in [0.1, 0.15) is 0 Å². The van der Waals surface area contributed by atoms with Gasteiger partial charge in [-0.25, -0.2) is 4.79 Å². The Morgan fingerprint density at radius 1 is 1.33 bits per heavy atom. The number of nitrogens with zero attached hydrogens (tertiary/aromatic N) is 2. The number of carboxylic acids is 1. The van der Waals surface area contributed by atoms with Gasteiger partial charge in [-0.15, -0.1) is 0 Å². The summed E-state index contributed by atoms with van der Waals surface area (Å²) in [6, 6.07) is 8.57. The molecule has 2 aromatic rings. The Balaban J connectivity index is 2.86. The lowest BCUT2D eigenvalue weighted by molar-refractivity contribution is -0.383. The summed E-state index contributed by atoms with van der Waals surface area (Å²) in [5, 5.41) is 29.2. The second-order valence-electron chi connectivity index (χ2n) is 3.61. The van der Waals surface area contributed by atoms with E-state index in [0.717, 1.165) is 6.07 Å². The maximum Gasteiger partial charge on any atom is 0.335 e. The Bertz CT molecular complexity index is 716. The number of non-ortho nitro benzene ring substituents is 1. The van der Waals surface area contributed by atoms with Crippen LogP contribution in [0.1, 0.15) is 15.9 Å². The van der Waals surface area contributed by atoms with Gasteiger partial charge in [-0.3, -0.25) is 10.1 Å². The molecular formula is C12H6N2O4. The molecule has 6 heteroatoms. The third-order valence-corrected chi connectivity index (χ3v) is 2.51. The highest BCUT2D eigenvalue weighted by atomic mass is 16.6. The number of rotatable bonds is 2. The zero-order valence-electron chi connectivity index (χ0n) is 8.95. The van der Waals surface area contributed by atoms with Crippen molar-refractivity contribution in [1.29, 1.82) is 5.26 Å². The van der Waals surface area contributed by atoms with Crippen LogP contribution in [0.4, 0.5) is 5.69 Å². The predicted molar refractivity (Wildman–Crippen MR) is 62.3 cm³/mol. The molecule has 0 radical (unpaired) electrons. The summed E-state index contributed by atoms with van der Waals surface area (Å²) in [6.45, 7) is 0. The van der Waals surface area contributed by atoms with Gasteiger partial charge in [0.15, 0.2) is 0 Å². The minimum absolute atomic E-state index is 0.154. The van der Waals surface area contributed by atoms with E-state index in [-0.39, 0.29) is 22.2 Å². The van der Waals surface area contributed by atoms with E-state index >= 15 is 0 Å². The van der Waals surface area contributed by atoms with Gasteiger partial charge in [0.25, 0.3) is 5.69 Å². The molecule has 0 amide bonds. The van der Waals surface area contributed by atoms with Crippen LogP contribution in [0.5, 0.6) is 0 Å². The molecule has 18 heavy (non-hydrogen) atoms. The number of benzene rings is 2. The summed E-state index contributed by atoms with van der Waals surface area (Å²) in [5.41, 5.74) is -0.186. The molecule has 0 aromatic heterocycles. The number of hydrogen-bond acceptors (Lipinski definition) is 4. The lowest BCUT2D eigenvalue weighted by Crippen LogP contribution is -1.99. The van der Waals surface area contributed by atoms with Crippen LogP contribution in [0.25, 0.3) is 10.8 Å². The Morgan fingerprint density at radius 2 is 2.06 bits per heavy atom. The van der Waals surface area contributed by atoms with E-state index < -0.39 is 10.9 Å². The number of fused-ring (bicyclic) bond motifs is 1. The molecule has 0 unspecified atom stereocenters. The molecule has 0 fully saturated rings. The largest absolute Gasteiger partial charge is 0.478 e. The fourth-order valence-corrected chi connectivity index (χ4v) is 1.68. The van der Waals surface area contributed by atoms with Crippen molar-refractivity contribution in [3.63, 3.8) is 0 Å². The molecule has 0 aliphatic rings. The fraction of sp³-hybridized carbons (Fsp3) is 0. The molecule has 0 atom stereocenters. The Morgan fingerprint density at radius 3 is 2.61 bits per heavy atom. The third-order valence-electron chi connectivity index (χ3n) is 2.51. The molecule has 2 rings (SSSR count). The first-order valence-corrected chi connectivity index (χ1v) is 4.88. The number of nitro benzene ring substituents is 1. The van der Waals surface area contributed by atoms with Crippen LogP contribution in [0, 0.1) is 21.4 Å². The first-order chi connectivity index (χ1) is 8.52. The van der Waals surface area contributed by atoms with Crippen molar-refractivity contribution in [3.05, 3.63) is 51.6 Å². The van der Waals surface area contributed by atoms with Gasteiger partial charge < -0.3 is 5.11 Å². The van der Waals surface area contributed by atoms with E-state index in [0.29, 0.717) is 5.39 Å². The highest BCUT2D eigenvalue weighted by Gasteiger charge is 2.17. The zero-order valence-corrected chi connectivity index (χ0v) is 8.95. The quantitative estimate of drug-likeness (QED) is 0.642. The summed E-state index contributed by atoms with van der Waals surface area (Å²) in [5.74, 6) is -1.23. The number of hydrogen-bond donors (Lipinski definition) is 1. The first-order valence-electron chi connectivity index (χ1n) is 4.88. The van der Waals surface area contributed by atoms with Crippen LogP contribution in [0.3, 0.4) is 0 Å². The van der Waals surface area contributed by atoms with Crippen LogP contribution < -0.4 is 0 Å². The minimum atomic E-state index is -1.23. The van der Waals surface area contributed by atoms with E-state index in [1.54, 1.807) is 0 Å². The van der Waals surface area contributed by atoms with Crippen molar-refractivity contribution in [3.8, 4) is 6.07 Å². The molecule has 1 N–H and O–H groups in total. The maximum atomic E-state index is 10.9.